The summed E-state index contributed by atoms with van der Waals surface area (Å²) in [5.41, 5.74) is 5.07. The van der Waals surface area contributed by atoms with Gasteiger partial charge < -0.3 is 15.5 Å². The Labute approximate surface area is 156 Å². The van der Waals surface area contributed by atoms with Crippen molar-refractivity contribution in [1.82, 2.24) is 15.2 Å². The van der Waals surface area contributed by atoms with Crippen LogP contribution in [0.25, 0.3) is 0 Å². The molecule has 0 saturated carbocycles. The van der Waals surface area contributed by atoms with E-state index in [2.05, 4.69) is 52.6 Å². The van der Waals surface area contributed by atoms with Crippen LogP contribution in [0.2, 0.25) is 0 Å². The molecule has 26 heavy (non-hydrogen) atoms. The van der Waals surface area contributed by atoms with Gasteiger partial charge in [0, 0.05) is 18.4 Å². The Morgan fingerprint density at radius 3 is 2.42 bits per heavy atom. The molecular formula is C21H30N4O. The van der Waals surface area contributed by atoms with Crippen LogP contribution in [0.1, 0.15) is 41.8 Å². The average Bonchev–Trinajstić information content (AvgIpc) is 2.65. The fraction of sp³-hybridized carbons (Fsp3) is 0.429. The topological polar surface area (TPSA) is 57.3 Å². The van der Waals surface area contributed by atoms with Crippen molar-refractivity contribution in [3.05, 3.63) is 53.3 Å². The quantitative estimate of drug-likeness (QED) is 0.675. The van der Waals surface area contributed by atoms with Crippen molar-refractivity contribution in [2.45, 2.75) is 33.1 Å². The maximum absolute atomic E-state index is 12.3. The summed E-state index contributed by atoms with van der Waals surface area (Å²) < 4.78 is 0. The normalized spacial score (nSPS) is 10.8. The highest BCUT2D eigenvalue weighted by Crippen LogP contribution is 2.26. The van der Waals surface area contributed by atoms with E-state index in [4.69, 9.17) is 0 Å². The summed E-state index contributed by atoms with van der Waals surface area (Å²) in [5.74, 6) is -0.0839. The number of aryl methyl sites for hydroxylation is 2. The molecule has 2 N–H and O–H groups in total. The smallest absolute Gasteiger partial charge is 0.252 e. The molecule has 0 aliphatic carbocycles. The zero-order chi connectivity index (χ0) is 18.9. The third-order valence-corrected chi connectivity index (χ3v) is 4.34. The maximum atomic E-state index is 12.3. The molecule has 0 spiro atoms. The third-order valence-electron chi connectivity index (χ3n) is 4.34. The van der Waals surface area contributed by atoms with Gasteiger partial charge in [-0.2, -0.15) is 0 Å². The van der Waals surface area contributed by atoms with Gasteiger partial charge in [0.05, 0.1) is 17.4 Å². The van der Waals surface area contributed by atoms with E-state index in [1.165, 1.54) is 11.1 Å². The van der Waals surface area contributed by atoms with Crippen molar-refractivity contribution in [3.8, 4) is 0 Å². The van der Waals surface area contributed by atoms with Gasteiger partial charge in [0.2, 0.25) is 0 Å². The first-order valence-electron chi connectivity index (χ1n) is 9.30. The van der Waals surface area contributed by atoms with Crippen molar-refractivity contribution in [2.75, 3.05) is 32.5 Å². The summed E-state index contributed by atoms with van der Waals surface area (Å²) in [7, 11) is 4.05. The van der Waals surface area contributed by atoms with Gasteiger partial charge in [0.1, 0.15) is 0 Å². The minimum Gasteiger partial charge on any atom is -0.354 e. The second kappa shape index (κ2) is 9.92. The van der Waals surface area contributed by atoms with Crippen LogP contribution in [0.5, 0.6) is 0 Å². The van der Waals surface area contributed by atoms with Gasteiger partial charge in [-0.15, -0.1) is 0 Å². The Hall–Kier alpha value is -2.40. The minimum atomic E-state index is -0.0839. The fourth-order valence-corrected chi connectivity index (χ4v) is 2.88. The number of para-hydroxylation sites is 1. The fourth-order valence-electron chi connectivity index (χ4n) is 2.88. The summed E-state index contributed by atoms with van der Waals surface area (Å²) >= 11 is 0. The van der Waals surface area contributed by atoms with E-state index in [1.54, 1.807) is 12.4 Å². The first-order valence-corrected chi connectivity index (χ1v) is 9.30. The minimum absolute atomic E-state index is 0.0839. The Kier molecular flexibility index (Phi) is 7.60. The molecule has 0 radical (unpaired) electrons. The number of benzene rings is 1. The molecule has 2 aromatic rings. The number of pyridine rings is 1. The standard InChI is InChI=1S/C21H30N4O/c1-5-16-9-7-10-17(6-2)20(16)24-19-13-18(14-22-15-19)21(26)23-11-8-12-25(3)4/h7,9-10,13-15,24H,5-6,8,11-12H2,1-4H3,(H,23,26). The van der Waals surface area contributed by atoms with Crippen LogP contribution in [0.4, 0.5) is 11.4 Å². The molecule has 2 rings (SSSR count). The van der Waals surface area contributed by atoms with E-state index < -0.39 is 0 Å². The summed E-state index contributed by atoms with van der Waals surface area (Å²) in [6.45, 7) is 5.91. The second-order valence-corrected chi connectivity index (χ2v) is 6.66. The number of hydrogen-bond acceptors (Lipinski definition) is 4. The molecule has 1 heterocycles. The van der Waals surface area contributed by atoms with Crippen LogP contribution in [0.3, 0.4) is 0 Å². The van der Waals surface area contributed by atoms with Crippen molar-refractivity contribution in [1.29, 1.82) is 0 Å². The van der Waals surface area contributed by atoms with Gasteiger partial charge in [-0.3, -0.25) is 9.78 Å². The first kappa shape index (κ1) is 19.9. The molecule has 0 saturated heterocycles. The van der Waals surface area contributed by atoms with E-state index >= 15 is 0 Å². The van der Waals surface area contributed by atoms with Gasteiger partial charge in [-0.05, 0) is 57.1 Å². The van der Waals surface area contributed by atoms with E-state index in [9.17, 15) is 4.79 Å². The number of nitrogens with zero attached hydrogens (tertiary/aromatic N) is 2. The number of hydrogen-bond donors (Lipinski definition) is 2. The summed E-state index contributed by atoms with van der Waals surface area (Å²) in [6.07, 6.45) is 6.20. The molecule has 1 amide bonds. The number of carbonyl (C=O) groups is 1. The molecule has 0 bridgehead atoms. The Morgan fingerprint density at radius 1 is 1.12 bits per heavy atom. The van der Waals surface area contributed by atoms with Gasteiger partial charge in [-0.1, -0.05) is 32.0 Å². The Bertz CT molecular complexity index is 705. The lowest BCUT2D eigenvalue weighted by molar-refractivity contribution is 0.0952. The van der Waals surface area contributed by atoms with E-state index in [-0.39, 0.29) is 5.91 Å². The Morgan fingerprint density at radius 2 is 1.81 bits per heavy atom. The number of rotatable bonds is 9. The highest BCUT2D eigenvalue weighted by Gasteiger charge is 2.10. The third kappa shape index (κ3) is 5.56. The van der Waals surface area contributed by atoms with Crippen LogP contribution < -0.4 is 10.6 Å². The van der Waals surface area contributed by atoms with Crippen molar-refractivity contribution >= 4 is 17.3 Å². The molecule has 5 nitrogen and oxygen atoms in total. The van der Waals surface area contributed by atoms with Crippen LogP contribution >= 0.6 is 0 Å². The maximum Gasteiger partial charge on any atom is 0.252 e. The summed E-state index contributed by atoms with van der Waals surface area (Å²) in [6, 6.07) is 8.23. The highest BCUT2D eigenvalue weighted by atomic mass is 16.1. The van der Waals surface area contributed by atoms with Crippen molar-refractivity contribution in [2.24, 2.45) is 0 Å². The summed E-state index contributed by atoms with van der Waals surface area (Å²) in [5, 5.41) is 6.43. The van der Waals surface area contributed by atoms with Crippen LogP contribution in [0, 0.1) is 0 Å². The van der Waals surface area contributed by atoms with Gasteiger partial charge >= 0.3 is 0 Å². The van der Waals surface area contributed by atoms with E-state index in [1.807, 2.05) is 20.2 Å². The largest absolute Gasteiger partial charge is 0.354 e. The monoisotopic (exact) mass is 354 g/mol. The van der Waals surface area contributed by atoms with Crippen LogP contribution in [0.15, 0.2) is 36.7 Å². The molecule has 0 aliphatic heterocycles. The van der Waals surface area contributed by atoms with Crippen molar-refractivity contribution < 1.29 is 4.79 Å². The highest BCUT2D eigenvalue weighted by molar-refractivity contribution is 5.94. The lowest BCUT2D eigenvalue weighted by atomic mass is 10.0. The molecule has 0 unspecified atom stereocenters. The van der Waals surface area contributed by atoms with Crippen LogP contribution in [-0.2, 0) is 12.8 Å². The molecule has 5 heteroatoms. The number of carbonyl (C=O) groups excluding carboxylic acids is 1. The molecule has 0 atom stereocenters. The SMILES string of the molecule is CCc1cccc(CC)c1Nc1cncc(C(=O)NCCCN(C)C)c1. The second-order valence-electron chi connectivity index (χ2n) is 6.66. The number of amides is 1. The van der Waals surface area contributed by atoms with Crippen molar-refractivity contribution in [3.63, 3.8) is 0 Å². The van der Waals surface area contributed by atoms with E-state index in [0.29, 0.717) is 12.1 Å². The van der Waals surface area contributed by atoms with Gasteiger partial charge in [-0.25, -0.2) is 0 Å². The molecule has 0 fully saturated rings. The summed E-state index contributed by atoms with van der Waals surface area (Å²) in [4.78, 5) is 18.7. The van der Waals surface area contributed by atoms with Gasteiger partial charge in [0.15, 0.2) is 0 Å². The molecular weight excluding hydrogens is 324 g/mol. The zero-order valence-electron chi connectivity index (χ0n) is 16.3. The predicted octanol–water partition coefficient (Wildman–Crippen LogP) is 3.63. The predicted molar refractivity (Wildman–Crippen MR) is 108 cm³/mol. The van der Waals surface area contributed by atoms with Crippen LogP contribution in [-0.4, -0.2) is 43.0 Å². The first-order chi connectivity index (χ1) is 12.5. The molecule has 140 valence electrons. The van der Waals surface area contributed by atoms with Gasteiger partial charge in [0.25, 0.3) is 5.91 Å². The lowest BCUT2D eigenvalue weighted by Crippen LogP contribution is -2.27. The zero-order valence-corrected chi connectivity index (χ0v) is 16.3. The molecule has 0 aliphatic rings. The number of nitrogens with one attached hydrogen (secondary N) is 2. The number of anilines is 2. The number of aromatic nitrogens is 1. The van der Waals surface area contributed by atoms with E-state index in [0.717, 1.165) is 37.2 Å². The lowest BCUT2D eigenvalue weighted by Gasteiger charge is -2.16. The average molecular weight is 354 g/mol. The molecule has 1 aromatic heterocycles. The molecule has 1 aromatic carbocycles. The Balaban J connectivity index is 2.09.